The third-order valence-electron chi connectivity index (χ3n) is 10.5. The number of benzene rings is 8. The summed E-state index contributed by atoms with van der Waals surface area (Å²) in [5.74, 6) is 1.81. The van der Waals surface area contributed by atoms with Crippen molar-refractivity contribution in [3.8, 4) is 45.3 Å². The van der Waals surface area contributed by atoms with E-state index in [4.69, 9.17) is 23.8 Å². The SMILES string of the molecule is c1ccc(-c2ccc(N(c3ccc4c(c3)oc3cc(-c5nc(-c6ccccc6)nc(-c6ccccc6)n5)ccc34)c3cccc4oc5ccccc5c34)cc2)cc1. The van der Waals surface area contributed by atoms with Gasteiger partial charge in [-0.15, -0.1) is 0 Å². The number of fused-ring (bicyclic) bond motifs is 6. The van der Waals surface area contributed by atoms with Gasteiger partial charge >= 0.3 is 0 Å². The van der Waals surface area contributed by atoms with Crippen LogP contribution in [-0.4, -0.2) is 15.0 Å². The zero-order valence-electron chi connectivity index (χ0n) is 30.6. The van der Waals surface area contributed by atoms with Crippen LogP contribution in [0, 0.1) is 0 Å². The Labute approximate surface area is 328 Å². The second-order valence-corrected chi connectivity index (χ2v) is 14.0. The van der Waals surface area contributed by atoms with E-state index in [1.807, 2.05) is 91.0 Å². The molecule has 3 heterocycles. The molecule has 57 heavy (non-hydrogen) atoms. The zero-order valence-corrected chi connectivity index (χ0v) is 30.6. The number of nitrogens with zero attached hydrogens (tertiary/aromatic N) is 4. The molecule has 11 aromatic rings. The molecule has 0 fully saturated rings. The lowest BCUT2D eigenvalue weighted by molar-refractivity contribution is 0.669. The maximum atomic E-state index is 6.71. The van der Waals surface area contributed by atoms with E-state index < -0.39 is 0 Å². The highest BCUT2D eigenvalue weighted by Crippen LogP contribution is 2.44. The Morgan fingerprint density at radius 1 is 0.316 bits per heavy atom. The first-order chi connectivity index (χ1) is 28.2. The molecule has 0 aliphatic rings. The molecule has 8 aromatic carbocycles. The number of anilines is 3. The van der Waals surface area contributed by atoms with Crippen LogP contribution in [0.2, 0.25) is 0 Å². The van der Waals surface area contributed by atoms with Gasteiger partial charge in [-0.05, 0) is 65.7 Å². The van der Waals surface area contributed by atoms with E-state index in [0.717, 1.165) is 83.2 Å². The highest BCUT2D eigenvalue weighted by Gasteiger charge is 2.21. The molecular formula is C51H32N4O2. The van der Waals surface area contributed by atoms with E-state index in [1.165, 1.54) is 5.56 Å². The van der Waals surface area contributed by atoms with Gasteiger partial charge in [-0.1, -0.05) is 133 Å². The fraction of sp³-hybridized carbons (Fsp3) is 0. The second kappa shape index (κ2) is 13.5. The molecule has 0 amide bonds. The largest absolute Gasteiger partial charge is 0.456 e. The summed E-state index contributed by atoms with van der Waals surface area (Å²) >= 11 is 0. The number of furan rings is 2. The van der Waals surface area contributed by atoms with Crippen LogP contribution >= 0.6 is 0 Å². The van der Waals surface area contributed by atoms with Gasteiger partial charge in [0.1, 0.15) is 22.3 Å². The van der Waals surface area contributed by atoms with Gasteiger partial charge in [0.05, 0.1) is 11.1 Å². The molecule has 6 nitrogen and oxygen atoms in total. The van der Waals surface area contributed by atoms with Gasteiger partial charge in [-0.2, -0.15) is 0 Å². The van der Waals surface area contributed by atoms with Gasteiger partial charge in [0.2, 0.25) is 0 Å². The fourth-order valence-corrected chi connectivity index (χ4v) is 7.78. The van der Waals surface area contributed by atoms with Crippen molar-refractivity contribution in [3.05, 3.63) is 194 Å². The molecule has 268 valence electrons. The van der Waals surface area contributed by atoms with Crippen LogP contribution in [0.5, 0.6) is 0 Å². The molecular weight excluding hydrogens is 701 g/mol. The van der Waals surface area contributed by atoms with Crippen molar-refractivity contribution in [3.63, 3.8) is 0 Å². The number of hydrogen-bond acceptors (Lipinski definition) is 6. The fourth-order valence-electron chi connectivity index (χ4n) is 7.78. The summed E-state index contributed by atoms with van der Waals surface area (Å²) in [6.07, 6.45) is 0. The van der Waals surface area contributed by atoms with Crippen LogP contribution in [0.3, 0.4) is 0 Å². The third kappa shape index (κ3) is 5.79. The Kier molecular flexibility index (Phi) is 7.71. The molecule has 11 rings (SSSR count). The average Bonchev–Trinajstić information content (AvgIpc) is 3.86. The Morgan fingerprint density at radius 3 is 1.49 bits per heavy atom. The Bertz CT molecular complexity index is 3170. The molecule has 0 radical (unpaired) electrons. The molecule has 0 N–H and O–H groups in total. The lowest BCUT2D eigenvalue weighted by Crippen LogP contribution is -2.10. The van der Waals surface area contributed by atoms with Crippen LogP contribution in [0.25, 0.3) is 89.2 Å². The minimum Gasteiger partial charge on any atom is -0.456 e. The lowest BCUT2D eigenvalue weighted by Gasteiger charge is -2.26. The van der Waals surface area contributed by atoms with Crippen molar-refractivity contribution >= 4 is 60.9 Å². The van der Waals surface area contributed by atoms with Crippen LogP contribution < -0.4 is 4.90 Å². The Hall–Kier alpha value is -7.83. The first kappa shape index (κ1) is 32.6. The van der Waals surface area contributed by atoms with Gasteiger partial charge in [0.15, 0.2) is 17.5 Å². The van der Waals surface area contributed by atoms with Crippen molar-refractivity contribution in [1.82, 2.24) is 15.0 Å². The molecule has 0 unspecified atom stereocenters. The molecule has 0 saturated heterocycles. The monoisotopic (exact) mass is 732 g/mol. The molecule has 3 aromatic heterocycles. The first-order valence-electron chi connectivity index (χ1n) is 18.9. The minimum absolute atomic E-state index is 0.580. The predicted molar refractivity (Wildman–Crippen MR) is 231 cm³/mol. The van der Waals surface area contributed by atoms with Crippen molar-refractivity contribution in [2.24, 2.45) is 0 Å². The maximum Gasteiger partial charge on any atom is 0.164 e. The molecule has 0 saturated carbocycles. The summed E-state index contributed by atoms with van der Waals surface area (Å²) in [7, 11) is 0. The number of hydrogen-bond donors (Lipinski definition) is 0. The molecule has 0 atom stereocenters. The highest BCUT2D eigenvalue weighted by atomic mass is 16.3. The maximum absolute atomic E-state index is 6.71. The van der Waals surface area contributed by atoms with E-state index in [9.17, 15) is 0 Å². The van der Waals surface area contributed by atoms with Gasteiger partial charge in [-0.3, -0.25) is 0 Å². The lowest BCUT2D eigenvalue weighted by atomic mass is 10.0. The summed E-state index contributed by atoms with van der Waals surface area (Å²) < 4.78 is 13.1. The van der Waals surface area contributed by atoms with Crippen LogP contribution in [0.15, 0.2) is 203 Å². The normalized spacial score (nSPS) is 11.5. The van der Waals surface area contributed by atoms with E-state index in [1.54, 1.807) is 0 Å². The zero-order chi connectivity index (χ0) is 37.7. The Balaban J connectivity index is 1.05. The van der Waals surface area contributed by atoms with E-state index >= 15 is 0 Å². The molecule has 0 bridgehead atoms. The summed E-state index contributed by atoms with van der Waals surface area (Å²) in [5, 5.41) is 4.16. The van der Waals surface area contributed by atoms with Crippen molar-refractivity contribution in [1.29, 1.82) is 0 Å². The smallest absolute Gasteiger partial charge is 0.164 e. The van der Waals surface area contributed by atoms with Gasteiger partial charge in [0, 0.05) is 50.3 Å². The second-order valence-electron chi connectivity index (χ2n) is 14.0. The summed E-state index contributed by atoms with van der Waals surface area (Å²) in [6, 6.07) is 66.3. The number of para-hydroxylation sites is 1. The highest BCUT2D eigenvalue weighted by molar-refractivity contribution is 6.14. The van der Waals surface area contributed by atoms with Gasteiger partial charge < -0.3 is 13.7 Å². The van der Waals surface area contributed by atoms with Crippen molar-refractivity contribution in [2.45, 2.75) is 0 Å². The molecule has 0 spiro atoms. The van der Waals surface area contributed by atoms with Crippen LogP contribution in [0.4, 0.5) is 17.1 Å². The molecule has 0 aliphatic carbocycles. The minimum atomic E-state index is 0.580. The van der Waals surface area contributed by atoms with Crippen LogP contribution in [0.1, 0.15) is 0 Å². The summed E-state index contributed by atoms with van der Waals surface area (Å²) in [6.45, 7) is 0. The molecule has 6 heteroatoms. The average molecular weight is 733 g/mol. The van der Waals surface area contributed by atoms with E-state index in [-0.39, 0.29) is 0 Å². The molecule has 0 aliphatic heterocycles. The standard InChI is InChI=1S/C51H32N4O2/c1-4-13-33(14-5-1)34-23-26-38(27-24-34)55(43-20-12-22-45-48(43)42-19-10-11-21-44(42)56-45)39-28-30-41-40-29-25-37(31-46(40)57-47(41)32-39)51-53-49(35-15-6-2-7-16-35)52-50(54-51)36-17-8-3-9-18-36/h1-32H. The summed E-state index contributed by atoms with van der Waals surface area (Å²) in [5.41, 5.74) is 11.2. The van der Waals surface area contributed by atoms with Gasteiger partial charge in [0.25, 0.3) is 0 Å². The quantitative estimate of drug-likeness (QED) is 0.162. The van der Waals surface area contributed by atoms with Gasteiger partial charge in [-0.25, -0.2) is 15.0 Å². The third-order valence-corrected chi connectivity index (χ3v) is 10.5. The number of aromatic nitrogens is 3. The summed E-state index contributed by atoms with van der Waals surface area (Å²) in [4.78, 5) is 17.1. The van der Waals surface area contributed by atoms with Crippen molar-refractivity contribution in [2.75, 3.05) is 4.90 Å². The van der Waals surface area contributed by atoms with E-state index in [0.29, 0.717) is 17.5 Å². The predicted octanol–water partition coefficient (Wildman–Crippen LogP) is 13.8. The first-order valence-corrected chi connectivity index (χ1v) is 18.9. The topological polar surface area (TPSA) is 68.2 Å². The van der Waals surface area contributed by atoms with Crippen LogP contribution in [-0.2, 0) is 0 Å². The number of rotatable bonds is 7. The van der Waals surface area contributed by atoms with E-state index in [2.05, 4.69) is 108 Å². The Morgan fingerprint density at radius 2 is 0.807 bits per heavy atom. The van der Waals surface area contributed by atoms with Crippen molar-refractivity contribution < 1.29 is 8.83 Å².